The van der Waals surface area contributed by atoms with Crippen LogP contribution in [0.1, 0.15) is 13.8 Å². The molecule has 0 aromatic carbocycles. The molecular formula is C7H14O3. The third-order valence-electron chi connectivity index (χ3n) is 1.32. The molecule has 1 rings (SSSR count). The molecule has 10 heavy (non-hydrogen) atoms. The van der Waals surface area contributed by atoms with Crippen molar-refractivity contribution in [2.24, 2.45) is 0 Å². The van der Waals surface area contributed by atoms with Gasteiger partial charge in [0.15, 0.2) is 6.29 Å². The van der Waals surface area contributed by atoms with Crippen molar-refractivity contribution in [2.45, 2.75) is 26.2 Å². The SMILES string of the molecule is CCO[C@@H](C)OC[C@@H]1CO1. The zero-order valence-corrected chi connectivity index (χ0v) is 6.50. The van der Waals surface area contributed by atoms with Crippen LogP contribution in [0.2, 0.25) is 0 Å². The van der Waals surface area contributed by atoms with Gasteiger partial charge < -0.3 is 14.2 Å². The maximum atomic E-state index is 5.26. The van der Waals surface area contributed by atoms with E-state index in [1.54, 1.807) is 0 Å². The highest BCUT2D eigenvalue weighted by Crippen LogP contribution is 2.09. The van der Waals surface area contributed by atoms with Gasteiger partial charge in [0, 0.05) is 6.61 Å². The Morgan fingerprint density at radius 2 is 2.30 bits per heavy atom. The molecule has 1 saturated heterocycles. The van der Waals surface area contributed by atoms with Crippen LogP contribution in [0, 0.1) is 0 Å². The first-order chi connectivity index (χ1) is 4.83. The maximum absolute atomic E-state index is 5.26. The Morgan fingerprint density at radius 1 is 1.60 bits per heavy atom. The Labute approximate surface area is 61.3 Å². The number of hydrogen-bond acceptors (Lipinski definition) is 3. The predicted molar refractivity (Wildman–Crippen MR) is 36.8 cm³/mol. The quantitative estimate of drug-likeness (QED) is 0.424. The van der Waals surface area contributed by atoms with Crippen LogP contribution in [-0.4, -0.2) is 32.2 Å². The van der Waals surface area contributed by atoms with Crippen LogP contribution in [0.5, 0.6) is 0 Å². The molecule has 0 N–H and O–H groups in total. The van der Waals surface area contributed by atoms with Crippen molar-refractivity contribution in [3.05, 3.63) is 0 Å². The van der Waals surface area contributed by atoms with Gasteiger partial charge in [-0.15, -0.1) is 0 Å². The van der Waals surface area contributed by atoms with Crippen LogP contribution in [0.25, 0.3) is 0 Å². The normalized spacial score (nSPS) is 26.4. The predicted octanol–water partition coefficient (Wildman–Crippen LogP) is 0.784. The standard InChI is InChI=1S/C7H14O3/c1-3-8-6(2)9-4-7-5-10-7/h6-7H,3-5H2,1-2H3/t6-,7-/m1/s1. The summed E-state index contributed by atoms with van der Waals surface area (Å²) in [6.07, 6.45) is 0.247. The molecular weight excluding hydrogens is 132 g/mol. The highest BCUT2D eigenvalue weighted by molar-refractivity contribution is 4.67. The van der Waals surface area contributed by atoms with Crippen molar-refractivity contribution in [3.8, 4) is 0 Å². The van der Waals surface area contributed by atoms with Crippen molar-refractivity contribution in [2.75, 3.05) is 19.8 Å². The highest BCUT2D eigenvalue weighted by Gasteiger charge is 2.23. The minimum atomic E-state index is -0.0887. The largest absolute Gasteiger partial charge is 0.371 e. The van der Waals surface area contributed by atoms with Gasteiger partial charge in [0.25, 0.3) is 0 Å². The third kappa shape index (κ3) is 3.15. The molecule has 1 aliphatic heterocycles. The minimum absolute atomic E-state index is 0.0887. The first-order valence-corrected chi connectivity index (χ1v) is 3.67. The topological polar surface area (TPSA) is 31.0 Å². The van der Waals surface area contributed by atoms with E-state index in [4.69, 9.17) is 14.2 Å². The molecule has 3 heteroatoms. The van der Waals surface area contributed by atoms with E-state index in [0.717, 1.165) is 6.61 Å². The van der Waals surface area contributed by atoms with Crippen molar-refractivity contribution >= 4 is 0 Å². The molecule has 1 aliphatic rings. The van der Waals surface area contributed by atoms with Crippen LogP contribution in [0.15, 0.2) is 0 Å². The fourth-order valence-corrected chi connectivity index (χ4v) is 0.690. The Hall–Kier alpha value is -0.120. The molecule has 0 spiro atoms. The molecule has 0 saturated carbocycles. The zero-order chi connectivity index (χ0) is 7.40. The third-order valence-corrected chi connectivity index (χ3v) is 1.32. The average molecular weight is 146 g/mol. The van der Waals surface area contributed by atoms with Crippen molar-refractivity contribution < 1.29 is 14.2 Å². The van der Waals surface area contributed by atoms with E-state index in [-0.39, 0.29) is 6.29 Å². The lowest BCUT2D eigenvalue weighted by Crippen LogP contribution is -2.15. The fraction of sp³-hybridized carbons (Fsp3) is 1.00. The smallest absolute Gasteiger partial charge is 0.154 e. The number of epoxide rings is 1. The summed E-state index contributed by atoms with van der Waals surface area (Å²) in [5.74, 6) is 0. The molecule has 1 heterocycles. The van der Waals surface area contributed by atoms with Crippen molar-refractivity contribution in [1.29, 1.82) is 0 Å². The number of hydrogen-bond donors (Lipinski definition) is 0. The van der Waals surface area contributed by atoms with E-state index in [1.807, 2.05) is 13.8 Å². The van der Waals surface area contributed by atoms with Crippen LogP contribution in [0.4, 0.5) is 0 Å². The van der Waals surface area contributed by atoms with Gasteiger partial charge in [0.2, 0.25) is 0 Å². The summed E-state index contributed by atoms with van der Waals surface area (Å²) in [7, 11) is 0. The molecule has 60 valence electrons. The summed E-state index contributed by atoms with van der Waals surface area (Å²) in [5, 5.41) is 0. The monoisotopic (exact) mass is 146 g/mol. The molecule has 0 bridgehead atoms. The van der Waals surface area contributed by atoms with E-state index in [1.165, 1.54) is 0 Å². The van der Waals surface area contributed by atoms with Crippen LogP contribution >= 0.6 is 0 Å². The number of ether oxygens (including phenoxy) is 3. The Kier molecular flexibility index (Phi) is 3.12. The van der Waals surface area contributed by atoms with Crippen LogP contribution in [-0.2, 0) is 14.2 Å². The molecule has 3 nitrogen and oxygen atoms in total. The second kappa shape index (κ2) is 3.91. The molecule has 1 fully saturated rings. The van der Waals surface area contributed by atoms with Crippen LogP contribution in [0.3, 0.4) is 0 Å². The van der Waals surface area contributed by atoms with Gasteiger partial charge in [-0.2, -0.15) is 0 Å². The maximum Gasteiger partial charge on any atom is 0.154 e. The summed E-state index contributed by atoms with van der Waals surface area (Å²) < 4.78 is 15.4. The molecule has 2 atom stereocenters. The van der Waals surface area contributed by atoms with Gasteiger partial charge in [-0.3, -0.25) is 0 Å². The van der Waals surface area contributed by atoms with E-state index in [0.29, 0.717) is 19.3 Å². The minimum Gasteiger partial charge on any atom is -0.371 e. The molecule has 0 aliphatic carbocycles. The summed E-state index contributed by atoms with van der Waals surface area (Å²) in [6, 6.07) is 0. The number of rotatable bonds is 5. The van der Waals surface area contributed by atoms with E-state index < -0.39 is 0 Å². The van der Waals surface area contributed by atoms with Gasteiger partial charge in [-0.25, -0.2) is 0 Å². The summed E-state index contributed by atoms with van der Waals surface area (Å²) in [5.41, 5.74) is 0. The van der Waals surface area contributed by atoms with E-state index >= 15 is 0 Å². The lowest BCUT2D eigenvalue weighted by Gasteiger charge is -2.10. The molecule has 0 aromatic rings. The van der Waals surface area contributed by atoms with Gasteiger partial charge in [-0.1, -0.05) is 0 Å². The molecule has 0 radical (unpaired) electrons. The Balaban J connectivity index is 1.89. The van der Waals surface area contributed by atoms with Gasteiger partial charge in [0.05, 0.1) is 13.2 Å². The van der Waals surface area contributed by atoms with Crippen molar-refractivity contribution in [3.63, 3.8) is 0 Å². The van der Waals surface area contributed by atoms with E-state index in [2.05, 4.69) is 0 Å². The lowest BCUT2D eigenvalue weighted by atomic mass is 10.5. The summed E-state index contributed by atoms with van der Waals surface area (Å²) in [6.45, 7) is 6.06. The van der Waals surface area contributed by atoms with Gasteiger partial charge >= 0.3 is 0 Å². The van der Waals surface area contributed by atoms with Gasteiger partial charge in [-0.05, 0) is 13.8 Å². The second-order valence-corrected chi connectivity index (χ2v) is 2.31. The first kappa shape index (κ1) is 7.98. The first-order valence-electron chi connectivity index (χ1n) is 3.67. The average Bonchev–Trinajstić information content (AvgIpc) is 2.67. The molecule has 0 aromatic heterocycles. The fourth-order valence-electron chi connectivity index (χ4n) is 0.690. The van der Waals surface area contributed by atoms with Crippen LogP contribution < -0.4 is 0 Å². The molecule has 0 unspecified atom stereocenters. The highest BCUT2D eigenvalue weighted by atomic mass is 16.7. The second-order valence-electron chi connectivity index (χ2n) is 2.31. The Bertz CT molecular complexity index is 90.9. The zero-order valence-electron chi connectivity index (χ0n) is 6.50. The lowest BCUT2D eigenvalue weighted by molar-refractivity contribution is -0.129. The molecule has 0 amide bonds. The van der Waals surface area contributed by atoms with Gasteiger partial charge in [0.1, 0.15) is 6.10 Å². The summed E-state index contributed by atoms with van der Waals surface area (Å²) in [4.78, 5) is 0. The van der Waals surface area contributed by atoms with E-state index in [9.17, 15) is 0 Å². The summed E-state index contributed by atoms with van der Waals surface area (Å²) >= 11 is 0. The Morgan fingerprint density at radius 3 is 2.80 bits per heavy atom. The van der Waals surface area contributed by atoms with Crippen molar-refractivity contribution in [1.82, 2.24) is 0 Å².